The molecule has 0 radical (unpaired) electrons. The molecule has 0 fully saturated rings. The summed E-state index contributed by atoms with van der Waals surface area (Å²) in [7, 11) is 0. The lowest BCUT2D eigenvalue weighted by atomic mass is 10.00. The second kappa shape index (κ2) is 10.1. The number of oxazole rings is 1. The van der Waals surface area contributed by atoms with E-state index < -0.39 is 0 Å². The lowest BCUT2D eigenvalue weighted by Gasteiger charge is -2.29. The van der Waals surface area contributed by atoms with Crippen LogP contribution in [0.25, 0.3) is 11.3 Å². The Kier molecular flexibility index (Phi) is 6.58. The predicted octanol–water partition coefficient (Wildman–Crippen LogP) is 5.20. The Morgan fingerprint density at radius 1 is 1.00 bits per heavy atom. The van der Waals surface area contributed by atoms with Gasteiger partial charge < -0.3 is 14.6 Å². The highest BCUT2D eigenvalue weighted by atomic mass is 35.5. The van der Waals surface area contributed by atoms with Crippen molar-refractivity contribution in [1.82, 2.24) is 15.3 Å². The number of anilines is 1. The number of halogens is 1. The number of nitrogens with zero attached hydrogens (tertiary/aromatic N) is 3. The summed E-state index contributed by atoms with van der Waals surface area (Å²) in [5.74, 6) is 2.01. The molecule has 172 valence electrons. The van der Waals surface area contributed by atoms with Gasteiger partial charge in [0.05, 0.1) is 11.2 Å². The smallest absolute Gasteiger partial charge is 0.220 e. The molecule has 34 heavy (non-hydrogen) atoms. The molecule has 6 nitrogen and oxygen atoms in total. The monoisotopic (exact) mass is 472 g/mol. The normalized spacial score (nSPS) is 12.9. The number of aromatic nitrogens is 2. The molecule has 1 aliphatic rings. The van der Waals surface area contributed by atoms with Gasteiger partial charge in [0.25, 0.3) is 0 Å². The molecule has 1 amide bonds. The topological polar surface area (TPSA) is 71.3 Å². The van der Waals surface area contributed by atoms with E-state index in [0.29, 0.717) is 36.1 Å². The third-order valence-corrected chi connectivity index (χ3v) is 6.34. The number of pyridine rings is 1. The average molecular weight is 473 g/mol. The summed E-state index contributed by atoms with van der Waals surface area (Å²) in [6.07, 6.45) is 5.22. The zero-order valence-electron chi connectivity index (χ0n) is 18.7. The number of hydrogen-bond acceptors (Lipinski definition) is 5. The maximum atomic E-state index is 12.3. The Bertz CT molecular complexity index is 1290. The summed E-state index contributed by atoms with van der Waals surface area (Å²) >= 11 is 6.21. The third-order valence-electron chi connectivity index (χ3n) is 6.01. The first-order valence-electron chi connectivity index (χ1n) is 11.4. The molecule has 0 atom stereocenters. The summed E-state index contributed by atoms with van der Waals surface area (Å²) < 4.78 is 5.77. The number of nitrogens with one attached hydrogen (secondary N) is 1. The highest BCUT2D eigenvalue weighted by Crippen LogP contribution is 2.28. The maximum Gasteiger partial charge on any atom is 0.220 e. The van der Waals surface area contributed by atoms with Crippen molar-refractivity contribution in [1.29, 1.82) is 0 Å². The summed E-state index contributed by atoms with van der Waals surface area (Å²) in [4.78, 5) is 23.5. The van der Waals surface area contributed by atoms with E-state index in [1.807, 2.05) is 36.5 Å². The number of hydrogen-bond donors (Lipinski definition) is 1. The number of carbonyl (C=O) groups excluding carboxylic acids is 1. The van der Waals surface area contributed by atoms with Gasteiger partial charge in [0.2, 0.25) is 5.91 Å². The van der Waals surface area contributed by atoms with Gasteiger partial charge in [0.1, 0.15) is 5.82 Å². The first-order valence-corrected chi connectivity index (χ1v) is 11.8. The van der Waals surface area contributed by atoms with Crippen molar-refractivity contribution in [3.8, 4) is 11.3 Å². The number of carbonyl (C=O) groups is 1. The van der Waals surface area contributed by atoms with E-state index in [9.17, 15) is 4.79 Å². The summed E-state index contributed by atoms with van der Waals surface area (Å²) in [5, 5.41) is 3.55. The van der Waals surface area contributed by atoms with Gasteiger partial charge in [-0.3, -0.25) is 4.79 Å². The fourth-order valence-electron chi connectivity index (χ4n) is 4.12. The second-order valence-electron chi connectivity index (χ2n) is 8.34. The minimum Gasteiger partial charge on any atom is -0.441 e. The van der Waals surface area contributed by atoms with E-state index in [1.54, 1.807) is 12.3 Å². The van der Waals surface area contributed by atoms with Crippen molar-refractivity contribution < 1.29 is 9.21 Å². The van der Waals surface area contributed by atoms with Crippen LogP contribution in [0.15, 0.2) is 77.5 Å². The molecule has 0 saturated carbocycles. The minimum absolute atomic E-state index is 0.0609. The quantitative estimate of drug-likeness (QED) is 0.400. The Hall–Kier alpha value is -3.64. The van der Waals surface area contributed by atoms with Crippen LogP contribution in [-0.4, -0.2) is 22.4 Å². The van der Waals surface area contributed by atoms with Gasteiger partial charge in [-0.25, -0.2) is 9.97 Å². The first kappa shape index (κ1) is 22.2. The van der Waals surface area contributed by atoms with E-state index in [4.69, 9.17) is 16.0 Å². The van der Waals surface area contributed by atoms with Crippen LogP contribution in [0, 0.1) is 0 Å². The SMILES string of the molecule is O=C(CCc1ncc(-c2ccccc2Cl)o1)NCc1ccc(N2CCc3ccccc3C2)nc1. The highest BCUT2D eigenvalue weighted by molar-refractivity contribution is 6.33. The second-order valence-corrected chi connectivity index (χ2v) is 8.75. The van der Waals surface area contributed by atoms with Gasteiger partial charge in [-0.1, -0.05) is 54.1 Å². The Labute approximate surface area is 203 Å². The molecule has 2 aromatic carbocycles. The number of amides is 1. The lowest BCUT2D eigenvalue weighted by Crippen LogP contribution is -2.31. The predicted molar refractivity (Wildman–Crippen MR) is 133 cm³/mol. The molecular formula is C27H25ClN4O2. The van der Waals surface area contributed by atoms with Gasteiger partial charge in [-0.2, -0.15) is 0 Å². The third kappa shape index (κ3) is 5.13. The van der Waals surface area contributed by atoms with Crippen LogP contribution in [0.5, 0.6) is 0 Å². The number of aryl methyl sites for hydroxylation is 1. The van der Waals surface area contributed by atoms with E-state index >= 15 is 0 Å². The fourth-order valence-corrected chi connectivity index (χ4v) is 4.35. The summed E-state index contributed by atoms with van der Waals surface area (Å²) in [6, 6.07) is 20.0. The van der Waals surface area contributed by atoms with Crippen molar-refractivity contribution in [2.24, 2.45) is 0 Å². The van der Waals surface area contributed by atoms with Crippen LogP contribution < -0.4 is 10.2 Å². The van der Waals surface area contributed by atoms with Crippen molar-refractivity contribution in [3.63, 3.8) is 0 Å². The van der Waals surface area contributed by atoms with Crippen LogP contribution in [0.3, 0.4) is 0 Å². The summed E-state index contributed by atoms with van der Waals surface area (Å²) in [6.45, 7) is 2.27. The zero-order valence-corrected chi connectivity index (χ0v) is 19.5. The largest absolute Gasteiger partial charge is 0.441 e. The maximum absolute atomic E-state index is 12.3. The van der Waals surface area contributed by atoms with E-state index in [0.717, 1.165) is 36.5 Å². The molecule has 3 heterocycles. The summed E-state index contributed by atoms with van der Waals surface area (Å²) in [5.41, 5.74) is 4.53. The van der Waals surface area contributed by atoms with Gasteiger partial charge in [0.15, 0.2) is 11.7 Å². The average Bonchev–Trinajstić information content (AvgIpc) is 3.35. The molecule has 0 unspecified atom stereocenters. The number of benzene rings is 2. The van der Waals surface area contributed by atoms with Crippen molar-refractivity contribution >= 4 is 23.3 Å². The molecule has 1 aliphatic heterocycles. The molecular weight excluding hydrogens is 448 g/mol. The van der Waals surface area contributed by atoms with Gasteiger partial charge >= 0.3 is 0 Å². The molecule has 0 aliphatic carbocycles. The lowest BCUT2D eigenvalue weighted by molar-refractivity contribution is -0.121. The van der Waals surface area contributed by atoms with Crippen molar-refractivity contribution in [3.05, 3.63) is 101 Å². The van der Waals surface area contributed by atoms with Crippen molar-refractivity contribution in [2.75, 3.05) is 11.4 Å². The standard InChI is InChI=1S/C27H25ClN4O2/c28-23-8-4-3-7-22(23)24-17-31-27(34-24)12-11-26(33)30-16-19-9-10-25(29-15-19)32-14-13-20-5-1-2-6-21(20)18-32/h1-10,15,17H,11-14,16,18H2,(H,30,33). The Balaban J connectivity index is 1.10. The molecule has 5 rings (SSSR count). The van der Waals surface area contributed by atoms with E-state index in [-0.39, 0.29) is 5.91 Å². The highest BCUT2D eigenvalue weighted by Gasteiger charge is 2.17. The van der Waals surface area contributed by atoms with Crippen molar-refractivity contribution in [2.45, 2.75) is 32.4 Å². The molecule has 0 saturated heterocycles. The van der Waals surface area contributed by atoms with Crippen LogP contribution >= 0.6 is 11.6 Å². The molecule has 7 heteroatoms. The van der Waals surface area contributed by atoms with E-state index in [1.165, 1.54) is 11.1 Å². The van der Waals surface area contributed by atoms with E-state index in [2.05, 4.69) is 44.5 Å². The van der Waals surface area contributed by atoms with Crippen LogP contribution in [0.4, 0.5) is 5.82 Å². The van der Waals surface area contributed by atoms with Crippen LogP contribution in [-0.2, 0) is 30.7 Å². The molecule has 0 spiro atoms. The van der Waals surface area contributed by atoms with Gasteiger partial charge in [-0.15, -0.1) is 0 Å². The minimum atomic E-state index is -0.0609. The Morgan fingerprint density at radius 2 is 1.82 bits per heavy atom. The van der Waals surface area contributed by atoms with Crippen LogP contribution in [0.2, 0.25) is 5.02 Å². The van der Waals surface area contributed by atoms with Gasteiger partial charge in [0, 0.05) is 44.2 Å². The van der Waals surface area contributed by atoms with Crippen LogP contribution in [0.1, 0.15) is 29.0 Å². The number of rotatable bonds is 7. The molecule has 1 N–H and O–H groups in total. The molecule has 2 aromatic heterocycles. The number of fused-ring (bicyclic) bond motifs is 1. The fraction of sp³-hybridized carbons (Fsp3) is 0.222. The molecule has 0 bridgehead atoms. The zero-order chi connectivity index (χ0) is 23.3. The Morgan fingerprint density at radius 3 is 2.65 bits per heavy atom. The van der Waals surface area contributed by atoms with Gasteiger partial charge in [-0.05, 0) is 41.3 Å². The molecule has 4 aromatic rings. The first-order chi connectivity index (χ1) is 16.7.